The highest BCUT2D eigenvalue weighted by atomic mass is 19.1. The third kappa shape index (κ3) is 3.65. The highest BCUT2D eigenvalue weighted by Crippen LogP contribution is 2.13. The summed E-state index contributed by atoms with van der Waals surface area (Å²) in [6.07, 6.45) is 0. The van der Waals surface area contributed by atoms with Gasteiger partial charge in [0.1, 0.15) is 11.7 Å². The highest BCUT2D eigenvalue weighted by molar-refractivity contribution is 5.96. The van der Waals surface area contributed by atoms with Crippen molar-refractivity contribution in [3.63, 3.8) is 0 Å². The van der Waals surface area contributed by atoms with Crippen LogP contribution < -0.4 is 5.73 Å². The average molecular weight is 271 g/mol. The Labute approximate surface area is 118 Å². The van der Waals surface area contributed by atoms with E-state index in [1.807, 2.05) is 37.4 Å². The summed E-state index contributed by atoms with van der Waals surface area (Å²) in [6.45, 7) is 1.30. The van der Waals surface area contributed by atoms with Gasteiger partial charge in [-0.1, -0.05) is 36.4 Å². The van der Waals surface area contributed by atoms with Crippen LogP contribution in [0.3, 0.4) is 0 Å². The van der Waals surface area contributed by atoms with Gasteiger partial charge in [0.25, 0.3) is 0 Å². The molecule has 104 valence electrons. The molecule has 3 N–H and O–H groups in total. The van der Waals surface area contributed by atoms with Crippen LogP contribution in [0.15, 0.2) is 48.5 Å². The maximum absolute atomic E-state index is 13.2. The number of nitrogen functional groups attached to an aromatic ring is 1. The van der Waals surface area contributed by atoms with Crippen molar-refractivity contribution in [3.8, 4) is 0 Å². The van der Waals surface area contributed by atoms with Crippen molar-refractivity contribution in [1.29, 1.82) is 5.41 Å². The van der Waals surface area contributed by atoms with Gasteiger partial charge in [-0.05, 0) is 30.3 Å². The quantitative estimate of drug-likeness (QED) is 0.649. The van der Waals surface area contributed by atoms with Crippen molar-refractivity contribution >= 4 is 5.84 Å². The summed E-state index contributed by atoms with van der Waals surface area (Å²) in [5, 5.41) is 7.58. The minimum atomic E-state index is -0.222. The van der Waals surface area contributed by atoms with E-state index in [1.165, 1.54) is 12.1 Å². The minimum absolute atomic E-state index is 0.0692. The number of nitrogens with one attached hydrogen (secondary N) is 1. The molecule has 0 bridgehead atoms. The van der Waals surface area contributed by atoms with Crippen molar-refractivity contribution in [2.75, 3.05) is 7.05 Å². The number of halogens is 1. The molecular weight excluding hydrogens is 253 g/mol. The first-order valence-corrected chi connectivity index (χ1v) is 6.41. The average Bonchev–Trinajstić information content (AvgIpc) is 2.38. The van der Waals surface area contributed by atoms with E-state index in [0.29, 0.717) is 13.1 Å². The molecule has 0 fully saturated rings. The molecule has 0 aliphatic rings. The van der Waals surface area contributed by atoms with Crippen LogP contribution in [0.2, 0.25) is 0 Å². The number of nitrogens with zero attached hydrogens (tertiary/aromatic N) is 1. The standard InChI is InChI=1S/C16H18FN3/c1-20(10-12-5-4-7-14(17)9-12)11-13-6-2-3-8-15(13)16(18)19/h2-9H,10-11H2,1H3,(H3,18,19). The molecule has 0 aromatic heterocycles. The summed E-state index contributed by atoms with van der Waals surface area (Å²) in [7, 11) is 1.96. The molecule has 4 heteroatoms. The second kappa shape index (κ2) is 6.30. The van der Waals surface area contributed by atoms with Gasteiger partial charge >= 0.3 is 0 Å². The molecule has 20 heavy (non-hydrogen) atoms. The van der Waals surface area contributed by atoms with Crippen molar-refractivity contribution < 1.29 is 4.39 Å². The van der Waals surface area contributed by atoms with Crippen LogP contribution in [-0.4, -0.2) is 17.8 Å². The first-order chi connectivity index (χ1) is 9.56. The Morgan fingerprint density at radius 3 is 2.60 bits per heavy atom. The van der Waals surface area contributed by atoms with Gasteiger partial charge in [-0.3, -0.25) is 10.3 Å². The van der Waals surface area contributed by atoms with Gasteiger partial charge in [0.2, 0.25) is 0 Å². The molecule has 0 heterocycles. The Bertz CT molecular complexity index is 610. The van der Waals surface area contributed by atoms with E-state index in [9.17, 15) is 4.39 Å². The summed E-state index contributed by atoms with van der Waals surface area (Å²) in [4.78, 5) is 2.07. The largest absolute Gasteiger partial charge is 0.384 e. The third-order valence-electron chi connectivity index (χ3n) is 3.09. The van der Waals surface area contributed by atoms with Gasteiger partial charge < -0.3 is 5.73 Å². The van der Waals surface area contributed by atoms with Crippen molar-refractivity contribution in [3.05, 3.63) is 71.0 Å². The number of rotatable bonds is 5. The number of amidine groups is 1. The lowest BCUT2D eigenvalue weighted by molar-refractivity contribution is 0.318. The van der Waals surface area contributed by atoms with Gasteiger partial charge in [0, 0.05) is 18.7 Å². The van der Waals surface area contributed by atoms with Gasteiger partial charge in [-0.25, -0.2) is 4.39 Å². The van der Waals surface area contributed by atoms with E-state index in [-0.39, 0.29) is 11.7 Å². The molecule has 2 aromatic carbocycles. The smallest absolute Gasteiger partial charge is 0.123 e. The third-order valence-corrected chi connectivity index (χ3v) is 3.09. The molecule has 3 nitrogen and oxygen atoms in total. The monoisotopic (exact) mass is 271 g/mol. The molecule has 0 atom stereocenters. The van der Waals surface area contributed by atoms with E-state index in [1.54, 1.807) is 6.07 Å². The highest BCUT2D eigenvalue weighted by Gasteiger charge is 2.08. The Kier molecular flexibility index (Phi) is 4.48. The molecule has 0 aliphatic heterocycles. The topological polar surface area (TPSA) is 53.1 Å². The zero-order valence-electron chi connectivity index (χ0n) is 11.4. The molecule has 0 spiro atoms. The zero-order chi connectivity index (χ0) is 14.5. The Morgan fingerprint density at radius 1 is 1.15 bits per heavy atom. The van der Waals surface area contributed by atoms with Crippen LogP contribution in [-0.2, 0) is 13.1 Å². The minimum Gasteiger partial charge on any atom is -0.384 e. The second-order valence-corrected chi connectivity index (χ2v) is 4.87. The van der Waals surface area contributed by atoms with E-state index >= 15 is 0 Å². The van der Waals surface area contributed by atoms with Gasteiger partial charge in [0.15, 0.2) is 0 Å². The summed E-state index contributed by atoms with van der Waals surface area (Å²) >= 11 is 0. The summed E-state index contributed by atoms with van der Waals surface area (Å²) in [5.41, 5.74) is 8.25. The van der Waals surface area contributed by atoms with E-state index < -0.39 is 0 Å². The summed E-state index contributed by atoms with van der Waals surface area (Å²) in [5.74, 6) is -0.153. The van der Waals surface area contributed by atoms with E-state index in [0.717, 1.165) is 16.7 Å². The maximum atomic E-state index is 13.2. The maximum Gasteiger partial charge on any atom is 0.123 e. The van der Waals surface area contributed by atoms with Crippen LogP contribution in [0.5, 0.6) is 0 Å². The summed E-state index contributed by atoms with van der Waals surface area (Å²) in [6, 6.07) is 14.2. The number of hydrogen-bond acceptors (Lipinski definition) is 2. The lowest BCUT2D eigenvalue weighted by Crippen LogP contribution is -2.21. The fourth-order valence-electron chi connectivity index (χ4n) is 2.21. The molecule has 2 rings (SSSR count). The van der Waals surface area contributed by atoms with Crippen molar-refractivity contribution in [2.24, 2.45) is 5.73 Å². The van der Waals surface area contributed by atoms with Crippen molar-refractivity contribution in [1.82, 2.24) is 4.90 Å². The first kappa shape index (κ1) is 14.2. The van der Waals surface area contributed by atoms with E-state index in [4.69, 9.17) is 11.1 Å². The van der Waals surface area contributed by atoms with Crippen molar-refractivity contribution in [2.45, 2.75) is 13.1 Å². The lowest BCUT2D eigenvalue weighted by Gasteiger charge is -2.18. The SMILES string of the molecule is CN(Cc1cccc(F)c1)Cc1ccccc1C(=N)N. The molecule has 0 aliphatic carbocycles. The van der Waals surface area contributed by atoms with Gasteiger partial charge in [-0.15, -0.1) is 0 Å². The van der Waals surface area contributed by atoms with E-state index in [2.05, 4.69) is 4.90 Å². The molecule has 0 saturated heterocycles. The molecule has 0 unspecified atom stereocenters. The normalized spacial score (nSPS) is 10.8. The fraction of sp³-hybridized carbons (Fsp3) is 0.188. The number of hydrogen-bond donors (Lipinski definition) is 2. The Morgan fingerprint density at radius 2 is 1.90 bits per heavy atom. The molecule has 0 saturated carbocycles. The molecule has 0 radical (unpaired) electrons. The lowest BCUT2D eigenvalue weighted by atomic mass is 10.1. The zero-order valence-corrected chi connectivity index (χ0v) is 11.4. The van der Waals surface area contributed by atoms with Crippen LogP contribution in [0.4, 0.5) is 4.39 Å². The molecule has 0 amide bonds. The van der Waals surface area contributed by atoms with Crippen LogP contribution in [0, 0.1) is 11.2 Å². The first-order valence-electron chi connectivity index (χ1n) is 6.41. The second-order valence-electron chi connectivity index (χ2n) is 4.87. The Balaban J connectivity index is 2.08. The fourth-order valence-corrected chi connectivity index (χ4v) is 2.21. The predicted octanol–water partition coefficient (Wildman–Crippen LogP) is 2.74. The number of benzene rings is 2. The molecular formula is C16H18FN3. The molecule has 2 aromatic rings. The summed E-state index contributed by atoms with van der Waals surface area (Å²) < 4.78 is 13.2. The van der Waals surface area contributed by atoms with Gasteiger partial charge in [0.05, 0.1) is 0 Å². The van der Waals surface area contributed by atoms with Crippen LogP contribution >= 0.6 is 0 Å². The van der Waals surface area contributed by atoms with Crippen LogP contribution in [0.1, 0.15) is 16.7 Å². The predicted molar refractivity (Wildman–Crippen MR) is 79.0 cm³/mol. The van der Waals surface area contributed by atoms with Crippen LogP contribution in [0.25, 0.3) is 0 Å². The van der Waals surface area contributed by atoms with Gasteiger partial charge in [-0.2, -0.15) is 0 Å². The Hall–Kier alpha value is -2.20. The number of nitrogens with two attached hydrogens (primary N) is 1.